The first-order valence-corrected chi connectivity index (χ1v) is 8.37. The molecule has 0 amide bonds. The number of carbonyl (C=O) groups is 1. The van der Waals surface area contributed by atoms with Gasteiger partial charge in [0.15, 0.2) is 0 Å². The lowest BCUT2D eigenvalue weighted by atomic mass is 10.1. The summed E-state index contributed by atoms with van der Waals surface area (Å²) in [7, 11) is 0. The average Bonchev–Trinajstić information content (AvgIpc) is 3.12. The number of hydrogen-bond donors (Lipinski definition) is 2. The third kappa shape index (κ3) is 2.85. The summed E-state index contributed by atoms with van der Waals surface area (Å²) in [6, 6.07) is 12.2. The monoisotopic (exact) mass is 317 g/mol. The molecule has 0 aliphatic carbocycles. The Kier molecular flexibility index (Phi) is 4.05. The molecule has 3 nitrogen and oxygen atoms in total. The van der Waals surface area contributed by atoms with Gasteiger partial charge in [-0.3, -0.25) is 0 Å². The predicted molar refractivity (Wildman–Crippen MR) is 88.4 cm³/mol. The molecule has 1 atom stereocenters. The Morgan fingerprint density at radius 1 is 1.29 bits per heavy atom. The number of rotatable bonds is 5. The number of benzene rings is 1. The quantitative estimate of drug-likeness (QED) is 0.728. The van der Waals surface area contributed by atoms with Gasteiger partial charge in [-0.05, 0) is 35.4 Å². The van der Waals surface area contributed by atoms with Gasteiger partial charge in [0, 0.05) is 22.2 Å². The Hall–Kier alpha value is -1.69. The molecular weight excluding hydrogens is 302 g/mol. The summed E-state index contributed by atoms with van der Waals surface area (Å²) < 4.78 is 1.02. The van der Waals surface area contributed by atoms with E-state index in [1.807, 2.05) is 30.3 Å². The predicted octanol–water partition coefficient (Wildman–Crippen LogP) is 4.51. The van der Waals surface area contributed by atoms with Gasteiger partial charge >= 0.3 is 5.97 Å². The van der Waals surface area contributed by atoms with E-state index in [0.29, 0.717) is 11.4 Å². The van der Waals surface area contributed by atoms with Crippen molar-refractivity contribution in [1.82, 2.24) is 5.32 Å². The SMILES string of the molecule is C[C@@H](NCc1c(C(=O)O)sc2ccccc12)c1cccs1. The van der Waals surface area contributed by atoms with Crippen LogP contribution in [0.25, 0.3) is 10.1 Å². The van der Waals surface area contributed by atoms with Crippen LogP contribution < -0.4 is 5.32 Å². The normalized spacial score (nSPS) is 12.6. The number of carboxylic acid groups (broad SMARTS) is 1. The van der Waals surface area contributed by atoms with Crippen LogP contribution in [0, 0.1) is 0 Å². The maximum absolute atomic E-state index is 11.4. The fourth-order valence-electron chi connectivity index (χ4n) is 2.34. The minimum absolute atomic E-state index is 0.213. The number of carboxylic acids is 1. The van der Waals surface area contributed by atoms with Crippen molar-refractivity contribution in [2.45, 2.75) is 19.5 Å². The van der Waals surface area contributed by atoms with Crippen LogP contribution >= 0.6 is 22.7 Å². The standard InChI is InChI=1S/C16H15NO2S2/c1-10(13-7-4-8-20-13)17-9-12-11-5-2-3-6-14(11)21-15(12)16(18)19/h2-8,10,17H,9H2,1H3,(H,18,19)/t10-/m1/s1. The number of nitrogens with one attached hydrogen (secondary N) is 1. The Morgan fingerprint density at radius 3 is 2.81 bits per heavy atom. The summed E-state index contributed by atoms with van der Waals surface area (Å²) in [6.45, 7) is 2.66. The van der Waals surface area contributed by atoms with Crippen LogP contribution in [0.5, 0.6) is 0 Å². The molecule has 1 aromatic carbocycles. The molecule has 3 aromatic rings. The second-order valence-corrected chi connectivity index (χ2v) is 6.86. The number of fused-ring (bicyclic) bond motifs is 1. The van der Waals surface area contributed by atoms with Crippen LogP contribution in [0.1, 0.15) is 33.1 Å². The molecule has 0 unspecified atom stereocenters. The smallest absolute Gasteiger partial charge is 0.346 e. The number of thiophene rings is 2. The fourth-order valence-corrected chi connectivity index (χ4v) is 4.16. The van der Waals surface area contributed by atoms with Crippen LogP contribution in [0.4, 0.5) is 0 Å². The average molecular weight is 317 g/mol. The minimum Gasteiger partial charge on any atom is -0.477 e. The molecule has 21 heavy (non-hydrogen) atoms. The van der Waals surface area contributed by atoms with Gasteiger partial charge < -0.3 is 10.4 Å². The largest absolute Gasteiger partial charge is 0.477 e. The highest BCUT2D eigenvalue weighted by Crippen LogP contribution is 2.31. The second kappa shape index (κ2) is 5.97. The van der Waals surface area contributed by atoms with E-state index < -0.39 is 5.97 Å². The first-order valence-electron chi connectivity index (χ1n) is 6.67. The molecule has 0 radical (unpaired) electrons. The molecule has 0 spiro atoms. The van der Waals surface area contributed by atoms with E-state index in [0.717, 1.165) is 15.6 Å². The summed E-state index contributed by atoms with van der Waals surface area (Å²) in [6.07, 6.45) is 0. The summed E-state index contributed by atoms with van der Waals surface area (Å²) in [5.41, 5.74) is 0.881. The highest BCUT2D eigenvalue weighted by molar-refractivity contribution is 7.21. The van der Waals surface area contributed by atoms with Crippen LogP contribution in [0.2, 0.25) is 0 Å². The van der Waals surface area contributed by atoms with E-state index in [9.17, 15) is 9.90 Å². The summed E-state index contributed by atoms with van der Waals surface area (Å²) in [5.74, 6) is -0.850. The molecular formula is C16H15NO2S2. The summed E-state index contributed by atoms with van der Waals surface area (Å²) in [4.78, 5) is 13.1. The van der Waals surface area contributed by atoms with Gasteiger partial charge in [0.05, 0.1) is 0 Å². The minimum atomic E-state index is -0.850. The van der Waals surface area contributed by atoms with Gasteiger partial charge in [0.25, 0.3) is 0 Å². The van der Waals surface area contributed by atoms with Crippen molar-refractivity contribution in [2.75, 3.05) is 0 Å². The lowest BCUT2D eigenvalue weighted by Gasteiger charge is -2.12. The van der Waals surface area contributed by atoms with Crippen LogP contribution in [-0.2, 0) is 6.54 Å². The Labute approximate surface area is 130 Å². The summed E-state index contributed by atoms with van der Waals surface area (Å²) >= 11 is 3.05. The molecule has 2 heterocycles. The lowest BCUT2D eigenvalue weighted by Crippen LogP contribution is -2.18. The molecule has 0 saturated heterocycles. The second-order valence-electron chi connectivity index (χ2n) is 4.83. The van der Waals surface area contributed by atoms with E-state index in [2.05, 4.69) is 23.7 Å². The van der Waals surface area contributed by atoms with E-state index in [-0.39, 0.29) is 6.04 Å². The molecule has 2 aromatic heterocycles. The molecule has 2 N–H and O–H groups in total. The zero-order valence-corrected chi connectivity index (χ0v) is 13.1. The van der Waals surface area contributed by atoms with Gasteiger partial charge in [-0.2, -0.15) is 0 Å². The van der Waals surface area contributed by atoms with Crippen molar-refractivity contribution >= 4 is 38.7 Å². The molecule has 0 aliphatic rings. The maximum Gasteiger partial charge on any atom is 0.346 e. The van der Waals surface area contributed by atoms with Gasteiger partial charge in [0.1, 0.15) is 4.88 Å². The van der Waals surface area contributed by atoms with Crippen molar-refractivity contribution in [3.8, 4) is 0 Å². The van der Waals surface area contributed by atoms with E-state index in [1.165, 1.54) is 16.2 Å². The van der Waals surface area contributed by atoms with Crippen LogP contribution in [0.3, 0.4) is 0 Å². The van der Waals surface area contributed by atoms with Gasteiger partial charge in [0.2, 0.25) is 0 Å². The third-order valence-electron chi connectivity index (χ3n) is 3.45. The van der Waals surface area contributed by atoms with Gasteiger partial charge in [-0.25, -0.2) is 4.79 Å². The van der Waals surface area contributed by atoms with Crippen molar-refractivity contribution in [1.29, 1.82) is 0 Å². The van der Waals surface area contributed by atoms with Gasteiger partial charge in [-0.15, -0.1) is 22.7 Å². The Morgan fingerprint density at radius 2 is 2.10 bits per heavy atom. The molecule has 5 heteroatoms. The van der Waals surface area contributed by atoms with E-state index in [4.69, 9.17) is 0 Å². The fraction of sp³-hybridized carbons (Fsp3) is 0.188. The van der Waals surface area contributed by atoms with Crippen LogP contribution in [0.15, 0.2) is 41.8 Å². The maximum atomic E-state index is 11.4. The molecule has 3 rings (SSSR count). The zero-order chi connectivity index (χ0) is 14.8. The zero-order valence-electron chi connectivity index (χ0n) is 11.5. The topological polar surface area (TPSA) is 49.3 Å². The molecule has 0 bridgehead atoms. The number of hydrogen-bond acceptors (Lipinski definition) is 4. The third-order valence-corrected chi connectivity index (χ3v) is 5.70. The van der Waals surface area contributed by atoms with Crippen molar-refractivity contribution < 1.29 is 9.90 Å². The van der Waals surface area contributed by atoms with E-state index >= 15 is 0 Å². The van der Waals surface area contributed by atoms with Crippen molar-refractivity contribution in [3.05, 3.63) is 57.1 Å². The van der Waals surface area contributed by atoms with Gasteiger partial charge in [-0.1, -0.05) is 24.3 Å². The van der Waals surface area contributed by atoms with Crippen molar-refractivity contribution in [3.63, 3.8) is 0 Å². The Bertz CT molecular complexity index is 762. The molecule has 0 aliphatic heterocycles. The molecule has 0 saturated carbocycles. The van der Waals surface area contributed by atoms with E-state index in [1.54, 1.807) is 11.3 Å². The van der Waals surface area contributed by atoms with Crippen molar-refractivity contribution in [2.24, 2.45) is 0 Å². The Balaban J connectivity index is 1.89. The first kappa shape index (κ1) is 14.3. The van der Waals surface area contributed by atoms with Crippen LogP contribution in [-0.4, -0.2) is 11.1 Å². The summed E-state index contributed by atoms with van der Waals surface area (Å²) in [5, 5.41) is 15.9. The number of aromatic carboxylic acids is 1. The first-order chi connectivity index (χ1) is 10.2. The highest BCUT2D eigenvalue weighted by Gasteiger charge is 2.18. The molecule has 0 fully saturated rings. The molecule has 108 valence electrons. The highest BCUT2D eigenvalue weighted by atomic mass is 32.1. The lowest BCUT2D eigenvalue weighted by molar-refractivity contribution is 0.0701.